The lowest BCUT2D eigenvalue weighted by Gasteiger charge is -2.28. The largest absolute Gasteiger partial charge is 0.503 e. The van der Waals surface area contributed by atoms with Crippen molar-refractivity contribution in [1.82, 2.24) is 4.98 Å². The van der Waals surface area contributed by atoms with Crippen LogP contribution in [0.3, 0.4) is 0 Å². The summed E-state index contributed by atoms with van der Waals surface area (Å²) in [4.78, 5) is 28.9. The third kappa shape index (κ3) is 5.92. The zero-order chi connectivity index (χ0) is 20.8. The number of aromatic nitrogens is 1. The van der Waals surface area contributed by atoms with Gasteiger partial charge in [0.25, 0.3) is 0 Å². The summed E-state index contributed by atoms with van der Waals surface area (Å²) in [6.45, 7) is 8.18. The van der Waals surface area contributed by atoms with Gasteiger partial charge in [0, 0.05) is 25.3 Å². The first-order chi connectivity index (χ1) is 13.2. The molecular weight excluding hydrogens is 362 g/mol. The highest BCUT2D eigenvalue weighted by atomic mass is 16.6. The van der Waals surface area contributed by atoms with Gasteiger partial charge in [-0.2, -0.15) is 0 Å². The van der Waals surface area contributed by atoms with Crippen LogP contribution in [0.2, 0.25) is 0 Å². The fraction of sp³-hybridized carbons (Fsp3) is 0.667. The van der Waals surface area contributed by atoms with Gasteiger partial charge in [0.15, 0.2) is 23.0 Å². The van der Waals surface area contributed by atoms with Crippen LogP contribution in [0.5, 0.6) is 11.5 Å². The highest BCUT2D eigenvalue weighted by Crippen LogP contribution is 2.31. The summed E-state index contributed by atoms with van der Waals surface area (Å²) in [6.07, 6.45) is 3.06. The molecule has 1 aromatic heterocycles. The molecule has 1 fully saturated rings. The molecule has 28 heavy (non-hydrogen) atoms. The van der Waals surface area contributed by atoms with Crippen molar-refractivity contribution < 1.29 is 28.9 Å². The van der Waals surface area contributed by atoms with Gasteiger partial charge >= 0.3 is 5.97 Å². The van der Waals surface area contributed by atoms with E-state index in [9.17, 15) is 14.7 Å². The molecule has 1 aromatic rings. The number of nitrogens with zero attached hydrogens (tertiary/aromatic N) is 1. The first-order valence-electron chi connectivity index (χ1n) is 9.81. The summed E-state index contributed by atoms with van der Waals surface area (Å²) in [5, 5.41) is 10.1. The zero-order valence-electron chi connectivity index (χ0n) is 17.3. The standard InChI is InChI=1S/C21H31NO6/c1-12(2)20(14(4)27-11-15-6-7-15)28-21(25)13(3)10-16(23)18-19(24)17(26-5)8-9-22-18/h8-9,12-15,20,24H,6-7,10-11H2,1-5H3/t13-,14+,20-/m1/s1. The van der Waals surface area contributed by atoms with E-state index >= 15 is 0 Å². The molecule has 3 atom stereocenters. The van der Waals surface area contributed by atoms with Gasteiger partial charge in [-0.3, -0.25) is 9.59 Å². The van der Waals surface area contributed by atoms with Crippen molar-refractivity contribution in [2.24, 2.45) is 17.8 Å². The molecule has 0 spiro atoms. The Labute approximate surface area is 166 Å². The van der Waals surface area contributed by atoms with E-state index in [4.69, 9.17) is 14.2 Å². The monoisotopic (exact) mass is 393 g/mol. The maximum atomic E-state index is 12.6. The van der Waals surface area contributed by atoms with Gasteiger partial charge < -0.3 is 19.3 Å². The average molecular weight is 393 g/mol. The Morgan fingerprint density at radius 2 is 1.93 bits per heavy atom. The Kier molecular flexibility index (Phi) is 7.80. The molecule has 2 rings (SSSR count). The van der Waals surface area contributed by atoms with Gasteiger partial charge in [-0.05, 0) is 31.6 Å². The first-order valence-corrected chi connectivity index (χ1v) is 9.81. The van der Waals surface area contributed by atoms with Crippen LogP contribution in [0.1, 0.15) is 57.4 Å². The minimum Gasteiger partial charge on any atom is -0.503 e. The van der Waals surface area contributed by atoms with Gasteiger partial charge in [-0.15, -0.1) is 0 Å². The van der Waals surface area contributed by atoms with Gasteiger partial charge in [0.2, 0.25) is 0 Å². The summed E-state index contributed by atoms with van der Waals surface area (Å²) in [7, 11) is 1.39. The lowest BCUT2D eigenvalue weighted by molar-refractivity contribution is -0.165. The van der Waals surface area contributed by atoms with E-state index in [0.29, 0.717) is 12.5 Å². The number of hydrogen-bond acceptors (Lipinski definition) is 7. The lowest BCUT2D eigenvalue weighted by atomic mass is 10.00. The molecule has 1 aliphatic rings. The van der Waals surface area contributed by atoms with Crippen molar-refractivity contribution in [1.29, 1.82) is 0 Å². The van der Waals surface area contributed by atoms with E-state index < -0.39 is 17.7 Å². The molecule has 1 N–H and O–H groups in total. The molecule has 0 saturated heterocycles. The van der Waals surface area contributed by atoms with Crippen LogP contribution in [0, 0.1) is 17.8 Å². The number of aromatic hydroxyl groups is 1. The molecule has 0 bridgehead atoms. The molecule has 1 heterocycles. The van der Waals surface area contributed by atoms with Gasteiger partial charge in [-0.25, -0.2) is 4.98 Å². The van der Waals surface area contributed by atoms with Gasteiger partial charge in [0.05, 0.1) is 19.1 Å². The summed E-state index contributed by atoms with van der Waals surface area (Å²) >= 11 is 0. The second kappa shape index (κ2) is 9.87. The number of carbonyl (C=O) groups excluding carboxylic acids is 2. The van der Waals surface area contributed by atoms with Crippen molar-refractivity contribution in [2.75, 3.05) is 13.7 Å². The van der Waals surface area contributed by atoms with Crippen LogP contribution in [-0.2, 0) is 14.3 Å². The lowest BCUT2D eigenvalue weighted by Crippen LogP contribution is -2.37. The van der Waals surface area contributed by atoms with Crippen molar-refractivity contribution in [3.05, 3.63) is 18.0 Å². The second-order valence-corrected chi connectivity index (χ2v) is 7.87. The number of ether oxygens (including phenoxy) is 3. The summed E-state index contributed by atoms with van der Waals surface area (Å²) in [5.74, 6) is -1.02. The SMILES string of the molecule is COc1ccnc(C(=O)C[C@@H](C)C(=O)O[C@H](C(C)C)[C@H](C)OCC2CC2)c1O. The summed E-state index contributed by atoms with van der Waals surface area (Å²) < 4.78 is 16.5. The van der Waals surface area contributed by atoms with Gasteiger partial charge in [-0.1, -0.05) is 20.8 Å². The number of esters is 1. The smallest absolute Gasteiger partial charge is 0.309 e. The van der Waals surface area contributed by atoms with E-state index in [1.807, 2.05) is 20.8 Å². The maximum Gasteiger partial charge on any atom is 0.309 e. The predicted octanol–water partition coefficient (Wildman–Crippen LogP) is 3.39. The molecule has 7 nitrogen and oxygen atoms in total. The maximum absolute atomic E-state index is 12.6. The number of Topliss-reactive ketones (excluding diaryl/α,β-unsaturated/α-hetero) is 1. The molecular formula is C21H31NO6. The normalized spacial score (nSPS) is 17.1. The average Bonchev–Trinajstić information content (AvgIpc) is 3.48. The molecule has 0 aromatic carbocycles. The van der Waals surface area contributed by atoms with Crippen LogP contribution in [0.4, 0.5) is 0 Å². The first kappa shape index (κ1) is 22.1. The predicted molar refractivity (Wildman–Crippen MR) is 103 cm³/mol. The van der Waals surface area contributed by atoms with E-state index in [0.717, 1.165) is 0 Å². The highest BCUT2D eigenvalue weighted by Gasteiger charge is 2.31. The summed E-state index contributed by atoms with van der Waals surface area (Å²) in [6, 6.07) is 1.46. The molecule has 7 heteroatoms. The Morgan fingerprint density at radius 1 is 1.25 bits per heavy atom. The molecule has 0 radical (unpaired) electrons. The topological polar surface area (TPSA) is 95.0 Å². The Bertz CT molecular complexity index is 685. The van der Waals surface area contributed by atoms with Crippen molar-refractivity contribution in [3.63, 3.8) is 0 Å². The third-order valence-electron chi connectivity index (χ3n) is 4.93. The number of rotatable bonds is 11. The third-order valence-corrected chi connectivity index (χ3v) is 4.93. The van der Waals surface area contributed by atoms with Crippen LogP contribution in [0.25, 0.3) is 0 Å². The van der Waals surface area contributed by atoms with Crippen molar-refractivity contribution in [3.8, 4) is 11.5 Å². The zero-order valence-corrected chi connectivity index (χ0v) is 17.3. The van der Waals surface area contributed by atoms with Crippen LogP contribution in [-0.4, -0.2) is 47.8 Å². The molecule has 0 amide bonds. The molecule has 1 aliphatic carbocycles. The second-order valence-electron chi connectivity index (χ2n) is 7.87. The van der Waals surface area contributed by atoms with Gasteiger partial charge in [0.1, 0.15) is 6.10 Å². The van der Waals surface area contributed by atoms with E-state index in [1.165, 1.54) is 32.2 Å². The number of pyridine rings is 1. The summed E-state index contributed by atoms with van der Waals surface area (Å²) in [5.41, 5.74) is -0.111. The minimum atomic E-state index is -0.670. The van der Waals surface area contributed by atoms with Crippen LogP contribution < -0.4 is 4.74 Å². The minimum absolute atomic E-state index is 0.0881. The van der Waals surface area contributed by atoms with Crippen LogP contribution in [0.15, 0.2) is 12.3 Å². The number of hydrogen-bond donors (Lipinski definition) is 1. The highest BCUT2D eigenvalue weighted by molar-refractivity contribution is 5.99. The van der Waals surface area contributed by atoms with E-state index in [2.05, 4.69) is 4.98 Å². The fourth-order valence-corrected chi connectivity index (χ4v) is 2.95. The van der Waals surface area contributed by atoms with Crippen molar-refractivity contribution in [2.45, 2.75) is 59.2 Å². The Morgan fingerprint density at radius 3 is 2.50 bits per heavy atom. The van der Waals surface area contributed by atoms with Crippen molar-refractivity contribution >= 4 is 11.8 Å². The molecule has 0 unspecified atom stereocenters. The number of methoxy groups -OCH3 is 1. The number of ketones is 1. The number of carbonyl (C=O) groups is 2. The Hall–Kier alpha value is -2.15. The van der Waals surface area contributed by atoms with E-state index in [1.54, 1.807) is 6.92 Å². The quantitative estimate of drug-likeness (QED) is 0.455. The molecule has 1 saturated carbocycles. The van der Waals surface area contributed by atoms with Crippen LogP contribution >= 0.6 is 0 Å². The van der Waals surface area contributed by atoms with E-state index in [-0.39, 0.29) is 41.7 Å². The Balaban J connectivity index is 1.95. The fourth-order valence-electron chi connectivity index (χ4n) is 2.95. The molecule has 156 valence electrons. The molecule has 0 aliphatic heterocycles.